The number of hydrogen-bond donors (Lipinski definition) is 0. The molecule has 3 aromatic rings. The fourth-order valence-electron chi connectivity index (χ4n) is 6.41. The second-order valence-corrected chi connectivity index (χ2v) is 12.5. The third-order valence-electron chi connectivity index (χ3n) is 8.77. The highest BCUT2D eigenvalue weighted by Crippen LogP contribution is 2.35. The zero-order chi connectivity index (χ0) is 30.9. The van der Waals surface area contributed by atoms with Crippen LogP contribution in [0, 0.1) is 5.92 Å². The summed E-state index contributed by atoms with van der Waals surface area (Å²) in [6.07, 6.45) is 13.3. The van der Waals surface area contributed by atoms with Crippen LogP contribution in [-0.4, -0.2) is 18.2 Å². The first-order chi connectivity index (χ1) is 21.4. The topological polar surface area (TPSA) is 34.0 Å². The number of aryl methyl sites for hydroxylation is 2. The third-order valence-corrected chi connectivity index (χ3v) is 9.00. The molecule has 0 aromatic heterocycles. The van der Waals surface area contributed by atoms with E-state index in [-0.39, 0.29) is 0 Å². The van der Waals surface area contributed by atoms with Gasteiger partial charge in [0.1, 0.15) is 5.75 Å². The van der Waals surface area contributed by atoms with E-state index in [2.05, 4.69) is 93.2 Å². The number of rotatable bonds is 11. The standard InChI is InChI=1S/C40H45ClN2O/c1-5-10-35-25-33(34-17-16-32-13-7-11-29(4)43-39(32)26-34)18-19-40(35)44-22-9-15-37-31(6-2)20-21-42-27-28(3)38(37)24-30-12-8-14-36(41)23-30/h8,12,14,16-21,23,25-26,31H,5-7,9-11,13,15,22,24H2,1-4H3. The summed E-state index contributed by atoms with van der Waals surface area (Å²) in [7, 11) is 0. The summed E-state index contributed by atoms with van der Waals surface area (Å²) >= 11 is 6.34. The van der Waals surface area contributed by atoms with Gasteiger partial charge in [-0.05, 0) is 141 Å². The largest absolute Gasteiger partial charge is 0.493 e. The van der Waals surface area contributed by atoms with Crippen molar-refractivity contribution >= 4 is 28.9 Å². The summed E-state index contributed by atoms with van der Waals surface area (Å²) in [5, 5.41) is 0.769. The third kappa shape index (κ3) is 8.08. The molecule has 0 N–H and O–H groups in total. The van der Waals surface area contributed by atoms with Gasteiger partial charge in [-0.2, -0.15) is 0 Å². The molecule has 2 aliphatic rings. The van der Waals surface area contributed by atoms with E-state index in [4.69, 9.17) is 21.3 Å². The molecule has 2 aliphatic heterocycles. The molecule has 0 amide bonds. The molecule has 3 aromatic carbocycles. The van der Waals surface area contributed by atoms with E-state index >= 15 is 0 Å². The Morgan fingerprint density at radius 3 is 2.61 bits per heavy atom. The van der Waals surface area contributed by atoms with Gasteiger partial charge < -0.3 is 4.74 Å². The number of allylic oxidation sites excluding steroid dienone is 4. The Bertz CT molecular complexity index is 1640. The van der Waals surface area contributed by atoms with Gasteiger partial charge in [0, 0.05) is 22.5 Å². The average molecular weight is 605 g/mol. The lowest BCUT2D eigenvalue weighted by atomic mass is 9.83. The molecule has 0 fully saturated rings. The lowest BCUT2D eigenvalue weighted by molar-refractivity contribution is 0.306. The zero-order valence-corrected chi connectivity index (χ0v) is 27.5. The number of fused-ring (bicyclic) bond motifs is 1. The Morgan fingerprint density at radius 2 is 1.80 bits per heavy atom. The van der Waals surface area contributed by atoms with E-state index in [1.54, 1.807) is 0 Å². The predicted molar refractivity (Wildman–Crippen MR) is 188 cm³/mol. The highest BCUT2D eigenvalue weighted by atomic mass is 35.5. The molecule has 4 heteroatoms. The smallest absolute Gasteiger partial charge is 0.122 e. The summed E-state index contributed by atoms with van der Waals surface area (Å²) in [6, 6.07) is 21.6. The maximum absolute atomic E-state index is 6.49. The molecule has 3 nitrogen and oxygen atoms in total. The second kappa shape index (κ2) is 15.4. The van der Waals surface area contributed by atoms with Crippen LogP contribution in [0.15, 0.2) is 99.6 Å². The van der Waals surface area contributed by atoms with Crippen LogP contribution in [0.3, 0.4) is 0 Å². The van der Waals surface area contributed by atoms with Crippen LogP contribution in [0.25, 0.3) is 11.1 Å². The van der Waals surface area contributed by atoms with E-state index in [9.17, 15) is 0 Å². The summed E-state index contributed by atoms with van der Waals surface area (Å²) in [6.45, 7) is 9.43. The van der Waals surface area contributed by atoms with Crippen LogP contribution in [0.4, 0.5) is 5.69 Å². The molecule has 0 saturated carbocycles. The second-order valence-electron chi connectivity index (χ2n) is 12.1. The van der Waals surface area contributed by atoms with Gasteiger partial charge in [0.05, 0.1) is 12.3 Å². The molecule has 5 rings (SSSR count). The minimum atomic E-state index is 0.342. The SMILES string of the molecule is CCCc1cc(-c2ccc3c(c2)N=C(C)CCC3)ccc1OCCCC1=C(Cc2cccc(Cl)c2)C(C)=C=NC=CC1CC. The van der Waals surface area contributed by atoms with Crippen molar-refractivity contribution in [2.45, 2.75) is 85.5 Å². The number of hydrogen-bond acceptors (Lipinski definition) is 3. The van der Waals surface area contributed by atoms with Crippen LogP contribution in [-0.2, 0) is 19.3 Å². The van der Waals surface area contributed by atoms with Crippen LogP contribution in [0.2, 0.25) is 5.02 Å². The van der Waals surface area contributed by atoms with Gasteiger partial charge in [-0.15, -0.1) is 0 Å². The highest BCUT2D eigenvalue weighted by molar-refractivity contribution is 6.30. The first-order valence-corrected chi connectivity index (χ1v) is 16.7. The molecule has 228 valence electrons. The van der Waals surface area contributed by atoms with Gasteiger partial charge in [0.25, 0.3) is 0 Å². The van der Waals surface area contributed by atoms with Crippen LogP contribution >= 0.6 is 11.6 Å². The number of halogens is 1. The fraction of sp³-hybridized carbons (Fsp3) is 0.375. The van der Waals surface area contributed by atoms with Gasteiger partial charge >= 0.3 is 0 Å². The molecule has 1 unspecified atom stereocenters. The van der Waals surface area contributed by atoms with E-state index in [0.717, 1.165) is 73.4 Å². The average Bonchev–Trinajstić information content (AvgIpc) is 3.20. The number of ether oxygens (including phenoxy) is 1. The Balaban J connectivity index is 1.33. The van der Waals surface area contributed by atoms with Crippen molar-refractivity contribution in [1.29, 1.82) is 0 Å². The molecule has 1 atom stereocenters. The van der Waals surface area contributed by atoms with E-state index < -0.39 is 0 Å². The Labute approximate surface area is 269 Å². The number of nitrogens with zero attached hydrogens (tertiary/aromatic N) is 2. The van der Waals surface area contributed by atoms with Crippen molar-refractivity contribution in [2.24, 2.45) is 15.9 Å². The fourth-order valence-corrected chi connectivity index (χ4v) is 6.62. The maximum Gasteiger partial charge on any atom is 0.122 e. The van der Waals surface area contributed by atoms with Gasteiger partial charge in [-0.3, -0.25) is 4.99 Å². The Hall–Kier alpha value is -3.65. The highest BCUT2D eigenvalue weighted by Gasteiger charge is 2.19. The van der Waals surface area contributed by atoms with Crippen molar-refractivity contribution in [2.75, 3.05) is 6.61 Å². The molecule has 2 heterocycles. The molecule has 0 aliphatic carbocycles. The molecular formula is C40H45ClN2O. The van der Waals surface area contributed by atoms with Crippen LogP contribution in [0.5, 0.6) is 5.75 Å². The normalized spacial score (nSPS) is 16.5. The van der Waals surface area contributed by atoms with E-state index in [1.807, 2.05) is 18.3 Å². The molecule has 0 radical (unpaired) electrons. The van der Waals surface area contributed by atoms with Gasteiger partial charge in [0.15, 0.2) is 0 Å². The van der Waals surface area contributed by atoms with E-state index in [0.29, 0.717) is 12.5 Å². The summed E-state index contributed by atoms with van der Waals surface area (Å²) in [4.78, 5) is 9.33. The molecule has 44 heavy (non-hydrogen) atoms. The van der Waals surface area contributed by atoms with Crippen molar-refractivity contribution in [3.63, 3.8) is 0 Å². The van der Waals surface area contributed by atoms with E-state index in [1.165, 1.54) is 51.1 Å². The molecular weight excluding hydrogens is 560 g/mol. The zero-order valence-electron chi connectivity index (χ0n) is 26.8. The Morgan fingerprint density at radius 1 is 0.955 bits per heavy atom. The van der Waals surface area contributed by atoms with Crippen molar-refractivity contribution in [3.05, 3.63) is 111 Å². The summed E-state index contributed by atoms with van der Waals surface area (Å²) in [5.74, 6) is 4.59. The van der Waals surface area contributed by atoms with Crippen LogP contribution in [0.1, 0.15) is 82.9 Å². The monoisotopic (exact) mass is 604 g/mol. The maximum atomic E-state index is 6.49. The lowest BCUT2D eigenvalue weighted by Gasteiger charge is -2.22. The molecule has 0 spiro atoms. The van der Waals surface area contributed by atoms with Crippen LogP contribution < -0.4 is 4.74 Å². The summed E-state index contributed by atoms with van der Waals surface area (Å²) < 4.78 is 6.49. The first kappa shape index (κ1) is 31.8. The van der Waals surface area contributed by atoms with Crippen molar-refractivity contribution in [3.8, 4) is 16.9 Å². The number of benzene rings is 3. The van der Waals surface area contributed by atoms with Crippen molar-refractivity contribution in [1.82, 2.24) is 0 Å². The van der Waals surface area contributed by atoms with Gasteiger partial charge in [-0.1, -0.05) is 73.9 Å². The molecule has 0 bridgehead atoms. The minimum Gasteiger partial charge on any atom is -0.493 e. The Kier molecular flexibility index (Phi) is 11.1. The minimum absolute atomic E-state index is 0.342. The predicted octanol–water partition coefficient (Wildman–Crippen LogP) is 11.3. The van der Waals surface area contributed by atoms with Gasteiger partial charge in [-0.25, -0.2) is 4.99 Å². The summed E-state index contributed by atoms with van der Waals surface area (Å²) in [5.41, 5.74) is 12.5. The lowest BCUT2D eigenvalue weighted by Crippen LogP contribution is -2.10. The quantitative estimate of drug-likeness (QED) is 0.200. The van der Waals surface area contributed by atoms with Crippen molar-refractivity contribution < 1.29 is 4.74 Å². The molecule has 0 saturated heterocycles. The van der Waals surface area contributed by atoms with Gasteiger partial charge in [0.2, 0.25) is 0 Å². The number of aliphatic imine (C=N–C) groups is 2. The first-order valence-electron chi connectivity index (χ1n) is 16.3.